The van der Waals surface area contributed by atoms with E-state index in [4.69, 9.17) is 18.9 Å². The molecule has 0 saturated carbocycles. The zero-order valence-corrected chi connectivity index (χ0v) is 29.6. The minimum Gasteiger partial charge on any atom is -0.465 e. The molecule has 0 aromatic heterocycles. The topological polar surface area (TPSA) is 105 Å². The number of benzene rings is 2. The van der Waals surface area contributed by atoms with E-state index in [-0.39, 0.29) is 22.3 Å². The van der Waals surface area contributed by atoms with E-state index in [1.54, 1.807) is 0 Å². The molecule has 0 radical (unpaired) electrons. The summed E-state index contributed by atoms with van der Waals surface area (Å²) in [4.78, 5) is 54.3. The number of hydrogen-bond donors (Lipinski definition) is 0. The van der Waals surface area contributed by atoms with E-state index < -0.39 is 23.9 Å². The van der Waals surface area contributed by atoms with Crippen molar-refractivity contribution in [3.63, 3.8) is 0 Å². The SMILES string of the molecule is COC(=O)c1cc2c(-c3cc4c(C(=O)OC)c(C(=O)OC)c3CCCCCCCCCC4)c(c1C(=O)OC)CCCCCCCCCC2. The second kappa shape index (κ2) is 18.8. The molecule has 0 unspecified atom stereocenters. The molecule has 0 heterocycles. The van der Waals surface area contributed by atoms with Crippen molar-refractivity contribution in [1.82, 2.24) is 0 Å². The van der Waals surface area contributed by atoms with Crippen molar-refractivity contribution >= 4 is 23.9 Å². The molecule has 4 bridgehead atoms. The fourth-order valence-electron chi connectivity index (χ4n) is 7.67. The average Bonchev–Trinajstić information content (AvgIpc) is 3.12. The van der Waals surface area contributed by atoms with Gasteiger partial charge in [0.05, 0.1) is 50.7 Å². The predicted octanol–water partition coefficient (Wildman–Crippen LogP) is 8.94. The molecular weight excluding hydrogens is 608 g/mol. The second-order valence-electron chi connectivity index (χ2n) is 13.2. The van der Waals surface area contributed by atoms with Gasteiger partial charge in [0.1, 0.15) is 0 Å². The Morgan fingerprint density at radius 2 is 0.812 bits per heavy atom. The molecule has 0 amide bonds. The van der Waals surface area contributed by atoms with Gasteiger partial charge in [0.25, 0.3) is 0 Å². The third-order valence-electron chi connectivity index (χ3n) is 10.1. The first-order valence-electron chi connectivity index (χ1n) is 18.1. The highest BCUT2D eigenvalue weighted by molar-refractivity contribution is 6.09. The third-order valence-corrected chi connectivity index (χ3v) is 10.1. The van der Waals surface area contributed by atoms with E-state index in [9.17, 15) is 19.2 Å². The van der Waals surface area contributed by atoms with E-state index in [0.29, 0.717) is 25.7 Å². The fourth-order valence-corrected chi connectivity index (χ4v) is 7.67. The molecule has 3 aliphatic rings. The zero-order valence-electron chi connectivity index (χ0n) is 29.6. The molecule has 3 aliphatic carbocycles. The number of fused-ring (bicyclic) bond motifs is 14. The van der Waals surface area contributed by atoms with Gasteiger partial charge in [-0.3, -0.25) is 0 Å². The second-order valence-corrected chi connectivity index (χ2v) is 13.2. The van der Waals surface area contributed by atoms with Crippen molar-refractivity contribution in [2.45, 2.75) is 128 Å². The van der Waals surface area contributed by atoms with E-state index >= 15 is 0 Å². The molecule has 0 fully saturated rings. The predicted molar refractivity (Wildman–Crippen MR) is 186 cm³/mol. The molecule has 0 atom stereocenters. The lowest BCUT2D eigenvalue weighted by atomic mass is 9.78. The van der Waals surface area contributed by atoms with Crippen molar-refractivity contribution < 1.29 is 38.1 Å². The highest BCUT2D eigenvalue weighted by atomic mass is 16.5. The minimum absolute atomic E-state index is 0.205. The molecule has 262 valence electrons. The molecule has 8 nitrogen and oxygen atoms in total. The van der Waals surface area contributed by atoms with Gasteiger partial charge in [-0.05, 0) is 96.9 Å². The molecule has 0 spiro atoms. The van der Waals surface area contributed by atoms with Gasteiger partial charge in [0, 0.05) is 0 Å². The van der Waals surface area contributed by atoms with Crippen LogP contribution in [0.15, 0.2) is 12.1 Å². The smallest absolute Gasteiger partial charge is 0.339 e. The highest BCUT2D eigenvalue weighted by Gasteiger charge is 2.33. The molecule has 0 saturated heterocycles. The van der Waals surface area contributed by atoms with Crippen LogP contribution in [-0.4, -0.2) is 52.3 Å². The Kier molecular flexibility index (Phi) is 14.5. The van der Waals surface area contributed by atoms with Gasteiger partial charge in [-0.1, -0.05) is 77.0 Å². The summed E-state index contributed by atoms with van der Waals surface area (Å²) >= 11 is 0. The van der Waals surface area contributed by atoms with E-state index in [1.807, 2.05) is 6.07 Å². The largest absolute Gasteiger partial charge is 0.465 e. The lowest BCUT2D eigenvalue weighted by Gasteiger charge is -2.26. The van der Waals surface area contributed by atoms with Gasteiger partial charge in [0.2, 0.25) is 0 Å². The fraction of sp³-hybridized carbons (Fsp3) is 0.600. The Bertz CT molecular complexity index is 1460. The summed E-state index contributed by atoms with van der Waals surface area (Å²) in [6, 6.07) is 3.88. The quantitative estimate of drug-likeness (QED) is 0.231. The average molecular weight is 663 g/mol. The standard InChI is InChI=1S/C40H54O8/c1-45-37(41)32-26-27-21-17-13-9-6-8-12-16-20-24-30(35(32)39(43)47-3)33(27)31-25-28-22-18-14-10-5-7-11-15-19-23-29(31)36(40(44)48-4)34(28)38(42)46-2/h25-26H,5-24H2,1-4H3. The van der Waals surface area contributed by atoms with Crippen LogP contribution in [0.1, 0.15) is 166 Å². The van der Waals surface area contributed by atoms with E-state index in [0.717, 1.165) is 110 Å². The Morgan fingerprint density at radius 1 is 0.417 bits per heavy atom. The first kappa shape index (κ1) is 37.1. The number of carbonyl (C=O) groups is 4. The van der Waals surface area contributed by atoms with Crippen LogP contribution in [0.3, 0.4) is 0 Å². The van der Waals surface area contributed by atoms with Crippen LogP contribution in [-0.2, 0) is 44.6 Å². The van der Waals surface area contributed by atoms with Gasteiger partial charge >= 0.3 is 23.9 Å². The number of methoxy groups -OCH3 is 4. The molecular formula is C40H54O8. The Balaban J connectivity index is 2.18. The van der Waals surface area contributed by atoms with Gasteiger partial charge in [-0.15, -0.1) is 0 Å². The molecule has 2 aromatic carbocycles. The number of rotatable bonds is 5. The molecule has 2 aromatic rings. The molecule has 5 rings (SSSR count). The minimum atomic E-state index is -0.592. The van der Waals surface area contributed by atoms with Crippen molar-refractivity contribution in [2.24, 2.45) is 0 Å². The summed E-state index contributed by atoms with van der Waals surface area (Å²) < 4.78 is 21.2. The van der Waals surface area contributed by atoms with Crippen molar-refractivity contribution in [3.8, 4) is 11.1 Å². The molecule has 8 heteroatoms. The number of esters is 4. The maximum atomic E-state index is 13.8. The number of aryl methyl sites for hydroxylation is 2. The summed E-state index contributed by atoms with van der Waals surface area (Å²) in [5.74, 6) is -2.30. The van der Waals surface area contributed by atoms with E-state index in [1.165, 1.54) is 54.1 Å². The Labute approximate surface area is 286 Å². The van der Waals surface area contributed by atoms with Gasteiger partial charge < -0.3 is 18.9 Å². The van der Waals surface area contributed by atoms with Crippen LogP contribution >= 0.6 is 0 Å². The van der Waals surface area contributed by atoms with Crippen LogP contribution < -0.4 is 0 Å². The summed E-state index contributed by atoms with van der Waals surface area (Å²) in [5, 5.41) is 0. The van der Waals surface area contributed by atoms with Crippen molar-refractivity contribution in [1.29, 1.82) is 0 Å². The van der Waals surface area contributed by atoms with Gasteiger partial charge in [0.15, 0.2) is 0 Å². The number of carbonyl (C=O) groups excluding carboxylic acids is 4. The van der Waals surface area contributed by atoms with Crippen LogP contribution in [0.25, 0.3) is 11.1 Å². The maximum Gasteiger partial charge on any atom is 0.339 e. The number of ether oxygens (including phenoxy) is 4. The lowest BCUT2D eigenvalue weighted by molar-refractivity contribution is 0.0553. The Morgan fingerprint density at radius 3 is 1.31 bits per heavy atom. The third kappa shape index (κ3) is 8.86. The summed E-state index contributed by atoms with van der Waals surface area (Å²) in [6.45, 7) is 0. The van der Waals surface area contributed by atoms with Crippen LogP contribution in [0.5, 0.6) is 0 Å². The Hall–Kier alpha value is -3.68. The summed E-state index contributed by atoms with van der Waals surface area (Å²) in [7, 11) is 5.34. The molecule has 0 N–H and O–H groups in total. The maximum absolute atomic E-state index is 13.8. The van der Waals surface area contributed by atoms with Gasteiger partial charge in [-0.2, -0.15) is 0 Å². The summed E-state index contributed by atoms with van der Waals surface area (Å²) in [5.41, 5.74) is 5.80. The zero-order chi connectivity index (χ0) is 34.5. The lowest BCUT2D eigenvalue weighted by Crippen LogP contribution is -2.21. The number of hydrogen-bond acceptors (Lipinski definition) is 8. The molecule has 48 heavy (non-hydrogen) atoms. The van der Waals surface area contributed by atoms with E-state index in [2.05, 4.69) is 6.07 Å². The van der Waals surface area contributed by atoms with Crippen LogP contribution in [0.4, 0.5) is 0 Å². The highest BCUT2D eigenvalue weighted by Crippen LogP contribution is 2.42. The van der Waals surface area contributed by atoms with Crippen molar-refractivity contribution in [2.75, 3.05) is 28.4 Å². The normalized spacial score (nSPS) is 16.7. The van der Waals surface area contributed by atoms with Gasteiger partial charge in [-0.25, -0.2) is 19.2 Å². The van der Waals surface area contributed by atoms with Crippen LogP contribution in [0.2, 0.25) is 0 Å². The summed E-state index contributed by atoms with van der Waals surface area (Å²) in [6.07, 6.45) is 19.0. The first-order chi connectivity index (χ1) is 23.4. The van der Waals surface area contributed by atoms with Crippen molar-refractivity contribution in [3.05, 3.63) is 56.6 Å². The monoisotopic (exact) mass is 662 g/mol. The first-order valence-corrected chi connectivity index (χ1v) is 18.1. The van der Waals surface area contributed by atoms with Crippen LogP contribution in [0, 0.1) is 0 Å². The molecule has 0 aliphatic heterocycles.